The van der Waals surface area contributed by atoms with Crippen LogP contribution in [0, 0.1) is 11.6 Å². The first-order valence-electron chi connectivity index (χ1n) is 5.53. The Morgan fingerprint density at radius 1 is 0.789 bits per heavy atom. The molecule has 0 saturated carbocycles. The van der Waals surface area contributed by atoms with Crippen LogP contribution >= 0.6 is 35.0 Å². The Bertz CT molecular complexity index is 496. The smallest absolute Gasteiger partial charge is 0.128 e. The maximum Gasteiger partial charge on any atom is 0.128 e. The van der Waals surface area contributed by atoms with Gasteiger partial charge in [0.05, 0.1) is 0 Å². The molecule has 0 nitrogen and oxygen atoms in total. The SMILES string of the molecule is Fc1cccc(Cl)c1CSCc1c(F)cccc1Cl. The topological polar surface area (TPSA) is 0 Å². The highest BCUT2D eigenvalue weighted by molar-refractivity contribution is 7.97. The van der Waals surface area contributed by atoms with Crippen LogP contribution in [-0.4, -0.2) is 0 Å². The van der Waals surface area contributed by atoms with E-state index in [0.717, 1.165) is 0 Å². The van der Waals surface area contributed by atoms with Gasteiger partial charge in [0.2, 0.25) is 0 Å². The molecule has 100 valence electrons. The number of hydrogen-bond donors (Lipinski definition) is 0. The average Bonchev–Trinajstić information content (AvgIpc) is 2.36. The molecule has 0 fully saturated rings. The maximum atomic E-state index is 13.5. The molecule has 0 saturated heterocycles. The summed E-state index contributed by atoms with van der Waals surface area (Å²) in [6.07, 6.45) is 0. The quantitative estimate of drug-likeness (QED) is 0.696. The Balaban J connectivity index is 2.05. The first kappa shape index (κ1) is 14.6. The van der Waals surface area contributed by atoms with Gasteiger partial charge in [0.25, 0.3) is 0 Å². The summed E-state index contributed by atoms with van der Waals surface area (Å²) in [5, 5.41) is 0.763. The Morgan fingerprint density at radius 3 is 1.58 bits per heavy atom. The van der Waals surface area contributed by atoms with E-state index < -0.39 is 0 Å². The second-order valence-corrected chi connectivity index (χ2v) is 5.69. The van der Waals surface area contributed by atoms with Gasteiger partial charge in [-0.25, -0.2) is 8.78 Å². The minimum Gasteiger partial charge on any atom is -0.207 e. The van der Waals surface area contributed by atoms with Gasteiger partial charge >= 0.3 is 0 Å². The average molecular weight is 319 g/mol. The molecule has 19 heavy (non-hydrogen) atoms. The molecular weight excluding hydrogens is 309 g/mol. The highest BCUT2D eigenvalue weighted by atomic mass is 35.5. The standard InChI is InChI=1S/C14H10Cl2F2S/c15-11-3-1-5-13(17)9(11)7-19-8-10-12(16)4-2-6-14(10)18/h1-6H,7-8H2. The van der Waals surface area contributed by atoms with E-state index in [-0.39, 0.29) is 11.6 Å². The molecule has 2 aromatic rings. The van der Waals surface area contributed by atoms with E-state index in [1.54, 1.807) is 24.3 Å². The summed E-state index contributed by atoms with van der Waals surface area (Å²) in [5.41, 5.74) is 0.864. The van der Waals surface area contributed by atoms with E-state index in [9.17, 15) is 8.78 Å². The summed E-state index contributed by atoms with van der Waals surface area (Å²) >= 11 is 13.2. The molecule has 0 radical (unpaired) electrons. The fourth-order valence-electron chi connectivity index (χ4n) is 1.60. The van der Waals surface area contributed by atoms with Crippen molar-refractivity contribution in [3.05, 3.63) is 69.2 Å². The van der Waals surface area contributed by atoms with Gasteiger partial charge in [-0.2, -0.15) is 11.8 Å². The fraction of sp³-hybridized carbons (Fsp3) is 0.143. The van der Waals surface area contributed by atoms with Crippen molar-refractivity contribution >= 4 is 35.0 Å². The normalized spacial score (nSPS) is 10.7. The zero-order chi connectivity index (χ0) is 13.8. The van der Waals surface area contributed by atoms with Gasteiger partial charge in [0, 0.05) is 32.7 Å². The molecule has 2 rings (SSSR count). The highest BCUT2D eigenvalue weighted by Gasteiger charge is 2.10. The Hall–Kier alpha value is -0.770. The monoisotopic (exact) mass is 318 g/mol. The first-order chi connectivity index (χ1) is 9.09. The lowest BCUT2D eigenvalue weighted by molar-refractivity contribution is 0.616. The Labute approximate surface area is 124 Å². The number of hydrogen-bond acceptors (Lipinski definition) is 1. The van der Waals surface area contributed by atoms with Crippen LogP contribution in [0.15, 0.2) is 36.4 Å². The maximum absolute atomic E-state index is 13.5. The van der Waals surface area contributed by atoms with Crippen molar-refractivity contribution in [1.82, 2.24) is 0 Å². The minimum atomic E-state index is -0.348. The van der Waals surface area contributed by atoms with Crippen LogP contribution < -0.4 is 0 Å². The van der Waals surface area contributed by atoms with Crippen molar-refractivity contribution in [3.8, 4) is 0 Å². The van der Waals surface area contributed by atoms with E-state index >= 15 is 0 Å². The van der Waals surface area contributed by atoms with Gasteiger partial charge in [-0.15, -0.1) is 0 Å². The second kappa shape index (κ2) is 6.60. The summed E-state index contributed by atoms with van der Waals surface area (Å²) in [4.78, 5) is 0. The third-order valence-corrected chi connectivity index (χ3v) is 4.31. The highest BCUT2D eigenvalue weighted by Crippen LogP contribution is 2.29. The molecule has 0 N–H and O–H groups in total. The third-order valence-electron chi connectivity index (χ3n) is 2.62. The lowest BCUT2D eigenvalue weighted by atomic mass is 10.2. The Kier molecular flexibility index (Phi) is 5.08. The molecule has 0 aliphatic heterocycles. The summed E-state index contributed by atoms with van der Waals surface area (Å²) in [7, 11) is 0. The van der Waals surface area contributed by atoms with Crippen molar-refractivity contribution in [2.24, 2.45) is 0 Å². The molecular formula is C14H10Cl2F2S. The van der Waals surface area contributed by atoms with Crippen LogP contribution in [0.5, 0.6) is 0 Å². The number of benzene rings is 2. The van der Waals surface area contributed by atoms with E-state index in [2.05, 4.69) is 0 Å². The van der Waals surface area contributed by atoms with Gasteiger partial charge in [-0.3, -0.25) is 0 Å². The molecule has 0 heterocycles. The van der Waals surface area contributed by atoms with Crippen molar-refractivity contribution < 1.29 is 8.78 Å². The molecule has 0 aliphatic carbocycles. The first-order valence-corrected chi connectivity index (χ1v) is 7.44. The number of rotatable bonds is 4. The van der Waals surface area contributed by atoms with Gasteiger partial charge in [-0.05, 0) is 24.3 Å². The molecule has 0 amide bonds. The zero-order valence-corrected chi connectivity index (χ0v) is 12.1. The third kappa shape index (κ3) is 3.62. The van der Waals surface area contributed by atoms with E-state index in [1.165, 1.54) is 23.9 Å². The van der Waals surface area contributed by atoms with E-state index in [1.807, 2.05) is 0 Å². The lowest BCUT2D eigenvalue weighted by Gasteiger charge is -2.07. The Morgan fingerprint density at radius 2 is 1.21 bits per heavy atom. The van der Waals surface area contributed by atoms with Crippen molar-refractivity contribution in [2.75, 3.05) is 0 Å². The van der Waals surface area contributed by atoms with Crippen LogP contribution in [-0.2, 0) is 11.5 Å². The van der Waals surface area contributed by atoms with Crippen LogP contribution in [0.4, 0.5) is 8.78 Å². The zero-order valence-electron chi connectivity index (χ0n) is 9.80. The second-order valence-electron chi connectivity index (χ2n) is 3.89. The molecule has 0 aromatic heterocycles. The van der Waals surface area contributed by atoms with Crippen LogP contribution in [0.2, 0.25) is 10.0 Å². The molecule has 0 atom stereocenters. The van der Waals surface area contributed by atoms with Gasteiger partial charge < -0.3 is 0 Å². The molecule has 0 spiro atoms. The predicted octanol–water partition coefficient (Wildman–Crippen LogP) is 5.71. The summed E-state index contributed by atoms with van der Waals surface area (Å²) in [5.74, 6) is 0.0473. The summed E-state index contributed by atoms with van der Waals surface area (Å²) < 4.78 is 27.1. The molecule has 0 aliphatic rings. The lowest BCUT2D eigenvalue weighted by Crippen LogP contribution is -1.92. The molecule has 0 bridgehead atoms. The van der Waals surface area contributed by atoms with Crippen molar-refractivity contribution in [2.45, 2.75) is 11.5 Å². The number of halogens is 4. The van der Waals surface area contributed by atoms with Crippen LogP contribution in [0.25, 0.3) is 0 Å². The summed E-state index contributed by atoms with van der Waals surface area (Å²) in [6.45, 7) is 0. The molecule has 2 aromatic carbocycles. The van der Waals surface area contributed by atoms with Gasteiger partial charge in [0.15, 0.2) is 0 Å². The van der Waals surface area contributed by atoms with E-state index in [0.29, 0.717) is 32.7 Å². The van der Waals surface area contributed by atoms with Crippen molar-refractivity contribution in [1.29, 1.82) is 0 Å². The fourth-order valence-corrected chi connectivity index (χ4v) is 3.31. The number of thioether (sulfide) groups is 1. The van der Waals surface area contributed by atoms with Gasteiger partial charge in [0.1, 0.15) is 11.6 Å². The molecule has 0 unspecified atom stereocenters. The van der Waals surface area contributed by atoms with Crippen LogP contribution in [0.1, 0.15) is 11.1 Å². The molecule has 5 heteroatoms. The largest absolute Gasteiger partial charge is 0.207 e. The van der Waals surface area contributed by atoms with Crippen molar-refractivity contribution in [3.63, 3.8) is 0 Å². The predicted molar refractivity (Wildman–Crippen MR) is 77.8 cm³/mol. The van der Waals surface area contributed by atoms with Gasteiger partial charge in [-0.1, -0.05) is 35.3 Å². The van der Waals surface area contributed by atoms with E-state index in [4.69, 9.17) is 23.2 Å². The summed E-state index contributed by atoms with van der Waals surface area (Å²) in [6, 6.07) is 9.10. The minimum absolute atomic E-state index is 0.348. The van der Waals surface area contributed by atoms with Crippen LogP contribution in [0.3, 0.4) is 0 Å².